The largest absolute Gasteiger partial charge is 0.478 e. The molecule has 0 saturated heterocycles. The molecule has 2 rings (SSSR count). The van der Waals surface area contributed by atoms with E-state index in [-0.39, 0.29) is 30.1 Å². The zero-order valence-electron chi connectivity index (χ0n) is 14.2. The fraction of sp³-hybridized carbons (Fsp3) is 0.533. The highest BCUT2D eigenvalue weighted by Gasteiger charge is 2.32. The van der Waals surface area contributed by atoms with Gasteiger partial charge in [-0.3, -0.25) is 10.1 Å². The Balaban J connectivity index is 2.60. The molecule has 25 heavy (non-hydrogen) atoms. The third-order valence-corrected chi connectivity index (χ3v) is 5.74. The van der Waals surface area contributed by atoms with Gasteiger partial charge in [-0.25, -0.2) is 9.78 Å². The van der Waals surface area contributed by atoms with E-state index in [0.29, 0.717) is 38.0 Å². The van der Waals surface area contributed by atoms with Gasteiger partial charge in [0, 0.05) is 18.7 Å². The zero-order valence-corrected chi connectivity index (χ0v) is 15.0. The Bertz CT molecular complexity index is 791. The molecule has 1 aromatic rings. The topological polar surface area (TPSA) is 122 Å². The van der Waals surface area contributed by atoms with E-state index in [1.54, 1.807) is 0 Å². The molecule has 2 N–H and O–H groups in total. The maximum absolute atomic E-state index is 13.1. The van der Waals surface area contributed by atoms with Crippen molar-refractivity contribution in [3.05, 3.63) is 17.0 Å². The van der Waals surface area contributed by atoms with Crippen LogP contribution in [0.1, 0.15) is 44.5 Å². The smallest absolute Gasteiger partial charge is 0.331 e. The number of aromatic nitrogens is 2. The molecule has 1 aliphatic carbocycles. The van der Waals surface area contributed by atoms with Crippen molar-refractivity contribution in [3.8, 4) is 0 Å². The maximum atomic E-state index is 13.1. The van der Waals surface area contributed by atoms with E-state index in [9.17, 15) is 18.0 Å². The molecule has 1 aromatic heterocycles. The van der Waals surface area contributed by atoms with Crippen LogP contribution in [-0.4, -0.2) is 52.3 Å². The number of rotatable bonds is 9. The number of nitrogens with one attached hydrogen (secondary N) is 1. The van der Waals surface area contributed by atoms with Crippen molar-refractivity contribution in [1.82, 2.24) is 13.3 Å². The third kappa shape index (κ3) is 3.74. The van der Waals surface area contributed by atoms with E-state index in [2.05, 4.69) is 10.3 Å². The molecule has 10 heteroatoms. The molecule has 0 bridgehead atoms. The Labute approximate surface area is 146 Å². The van der Waals surface area contributed by atoms with Crippen LogP contribution in [0.5, 0.6) is 0 Å². The van der Waals surface area contributed by atoms with E-state index in [1.807, 2.05) is 13.8 Å². The number of amides is 1. The molecule has 1 heterocycles. The number of hydrogen-bond donors (Lipinski definition) is 2. The van der Waals surface area contributed by atoms with E-state index in [0.717, 1.165) is 3.97 Å². The van der Waals surface area contributed by atoms with Crippen molar-refractivity contribution in [2.45, 2.75) is 39.5 Å². The lowest BCUT2D eigenvalue weighted by Gasteiger charge is -2.24. The van der Waals surface area contributed by atoms with Crippen molar-refractivity contribution in [2.75, 3.05) is 18.4 Å². The van der Waals surface area contributed by atoms with Crippen molar-refractivity contribution in [3.63, 3.8) is 0 Å². The molecule has 9 nitrogen and oxygen atoms in total. The van der Waals surface area contributed by atoms with Gasteiger partial charge in [0.15, 0.2) is 0 Å². The number of anilines is 1. The van der Waals surface area contributed by atoms with Crippen LogP contribution in [0, 0.1) is 0 Å². The highest BCUT2D eigenvalue weighted by molar-refractivity contribution is 7.87. The summed E-state index contributed by atoms with van der Waals surface area (Å²) in [5, 5.41) is 11.4. The predicted octanol–water partition coefficient (Wildman–Crippen LogP) is 1.08. The summed E-state index contributed by atoms with van der Waals surface area (Å²) in [7, 11) is -3.92. The van der Waals surface area contributed by atoms with Gasteiger partial charge in [0.25, 0.3) is 0 Å². The quantitative estimate of drug-likeness (QED) is 0.627. The fourth-order valence-corrected chi connectivity index (χ4v) is 4.64. The molecule has 0 unspecified atom stereocenters. The minimum absolute atomic E-state index is 0.125. The third-order valence-electron chi connectivity index (χ3n) is 3.87. The maximum Gasteiger partial charge on any atom is 0.331 e. The second-order valence-corrected chi connectivity index (χ2v) is 7.45. The second kappa shape index (κ2) is 7.79. The Kier molecular flexibility index (Phi) is 5.96. The van der Waals surface area contributed by atoms with Crippen molar-refractivity contribution in [2.24, 2.45) is 0 Å². The number of carboxylic acid groups (broad SMARTS) is 1. The Morgan fingerprint density at radius 1 is 1.36 bits per heavy atom. The zero-order chi connectivity index (χ0) is 18.6. The van der Waals surface area contributed by atoms with Gasteiger partial charge >= 0.3 is 16.2 Å². The first-order valence-corrected chi connectivity index (χ1v) is 9.52. The van der Waals surface area contributed by atoms with Crippen LogP contribution in [0.2, 0.25) is 0 Å². The lowest BCUT2D eigenvalue weighted by atomic mass is 10.0. The molecule has 0 aromatic carbocycles. The first-order valence-electron chi connectivity index (χ1n) is 8.13. The molecular weight excluding hydrogens is 348 g/mol. The monoisotopic (exact) mass is 370 g/mol. The predicted molar refractivity (Wildman–Crippen MR) is 92.3 cm³/mol. The number of carbonyl (C=O) groups is 2. The summed E-state index contributed by atoms with van der Waals surface area (Å²) in [6, 6.07) is 0. The summed E-state index contributed by atoms with van der Waals surface area (Å²) in [5.41, 5.74) is 0.794. The number of fused-ring (bicyclic) bond motifs is 1. The van der Waals surface area contributed by atoms with Crippen LogP contribution in [0.4, 0.5) is 5.95 Å². The summed E-state index contributed by atoms with van der Waals surface area (Å²) in [6.07, 6.45) is 3.42. The summed E-state index contributed by atoms with van der Waals surface area (Å²) < 4.78 is 28.6. The molecule has 1 aliphatic rings. The number of carbonyl (C=O) groups excluding carboxylic acids is 1. The number of nitrogens with zero attached hydrogens (tertiary/aromatic N) is 3. The number of aliphatic carboxylic acids is 1. The molecule has 0 aliphatic heterocycles. The van der Waals surface area contributed by atoms with Crippen LogP contribution < -0.4 is 5.32 Å². The molecule has 0 fully saturated rings. The summed E-state index contributed by atoms with van der Waals surface area (Å²) >= 11 is 0. The minimum Gasteiger partial charge on any atom is -0.478 e. The summed E-state index contributed by atoms with van der Waals surface area (Å²) in [6.45, 7) is 4.46. The van der Waals surface area contributed by atoms with Crippen LogP contribution in [0.3, 0.4) is 0 Å². The van der Waals surface area contributed by atoms with Crippen molar-refractivity contribution >= 4 is 34.6 Å². The van der Waals surface area contributed by atoms with Gasteiger partial charge in [-0.05, 0) is 31.8 Å². The van der Waals surface area contributed by atoms with E-state index < -0.39 is 16.2 Å². The molecule has 0 atom stereocenters. The second-order valence-electron chi connectivity index (χ2n) is 5.68. The molecular formula is C15H22N4O5S. The van der Waals surface area contributed by atoms with Gasteiger partial charge in [-0.15, -0.1) is 0 Å². The fourth-order valence-electron chi connectivity index (χ4n) is 2.81. The minimum atomic E-state index is -3.92. The van der Waals surface area contributed by atoms with Crippen LogP contribution >= 0.6 is 0 Å². The lowest BCUT2D eigenvalue weighted by molar-refractivity contribution is -0.132. The van der Waals surface area contributed by atoms with Gasteiger partial charge in [0.1, 0.15) is 0 Å². The first-order chi connectivity index (χ1) is 11.9. The average Bonchev–Trinajstić information content (AvgIpc) is 2.92. The highest BCUT2D eigenvalue weighted by Crippen LogP contribution is 2.29. The molecule has 138 valence electrons. The normalized spacial score (nSPS) is 14.1. The van der Waals surface area contributed by atoms with E-state index in [4.69, 9.17) is 5.11 Å². The molecule has 0 saturated carbocycles. The highest BCUT2D eigenvalue weighted by atomic mass is 32.2. The van der Waals surface area contributed by atoms with E-state index in [1.165, 1.54) is 10.4 Å². The number of carboxylic acids is 1. The SMILES string of the molecule is CCCN(CCC)S(=O)(=O)n1c(NC=O)nc2c1CCC(C(=O)O)=C2. The van der Waals surface area contributed by atoms with Crippen molar-refractivity contribution in [1.29, 1.82) is 0 Å². The van der Waals surface area contributed by atoms with Gasteiger partial charge in [-0.2, -0.15) is 16.7 Å². The van der Waals surface area contributed by atoms with Gasteiger partial charge in [0.05, 0.1) is 11.4 Å². The number of hydrogen-bond acceptors (Lipinski definition) is 5. The first kappa shape index (κ1) is 19.1. The molecule has 1 amide bonds. The Hall–Kier alpha value is -2.20. The Morgan fingerprint density at radius 2 is 2.00 bits per heavy atom. The van der Waals surface area contributed by atoms with Crippen LogP contribution in [0.25, 0.3) is 6.08 Å². The Morgan fingerprint density at radius 3 is 2.52 bits per heavy atom. The van der Waals surface area contributed by atoms with Gasteiger partial charge in [-0.1, -0.05) is 13.8 Å². The van der Waals surface area contributed by atoms with Gasteiger partial charge < -0.3 is 5.11 Å². The van der Waals surface area contributed by atoms with Crippen LogP contribution in [0.15, 0.2) is 5.57 Å². The number of imidazole rings is 1. The lowest BCUT2D eigenvalue weighted by Crippen LogP contribution is -2.38. The van der Waals surface area contributed by atoms with Crippen molar-refractivity contribution < 1.29 is 23.1 Å². The molecule has 0 radical (unpaired) electrons. The average molecular weight is 370 g/mol. The van der Waals surface area contributed by atoms with Gasteiger partial charge in [0.2, 0.25) is 12.4 Å². The standard InChI is InChI=1S/C15H22N4O5S/c1-3-7-18(8-4-2)25(23,24)19-13-6-5-11(14(21)22)9-12(13)17-15(19)16-10-20/h9-10H,3-8H2,1-2H3,(H,21,22)(H,16,17,20). The van der Waals surface area contributed by atoms with E-state index >= 15 is 0 Å². The summed E-state index contributed by atoms with van der Waals surface area (Å²) in [4.78, 5) is 26.2. The molecule has 0 spiro atoms. The summed E-state index contributed by atoms with van der Waals surface area (Å²) in [5.74, 6) is -1.19. The van der Waals surface area contributed by atoms with Crippen LogP contribution in [-0.2, 0) is 26.2 Å².